The molecule has 2 aromatic heterocycles. The number of hydrogen-bond acceptors (Lipinski definition) is 2. The fourth-order valence-electron chi connectivity index (χ4n) is 6.06. The van der Waals surface area contributed by atoms with E-state index >= 15 is 0 Å². The molecule has 4 nitrogen and oxygen atoms in total. The van der Waals surface area contributed by atoms with Gasteiger partial charge in [0.25, 0.3) is 0 Å². The smallest absolute Gasteiger partial charge is 0.0997 e. The predicted molar refractivity (Wildman–Crippen MR) is 178 cm³/mol. The molecule has 204 valence electrons. The van der Waals surface area contributed by atoms with Crippen LogP contribution in [0.2, 0.25) is 0 Å². The summed E-state index contributed by atoms with van der Waals surface area (Å²) in [5, 5.41) is 2.53. The van der Waals surface area contributed by atoms with Crippen LogP contribution in [0.25, 0.3) is 44.4 Å². The maximum Gasteiger partial charge on any atom is 0.0997 e. The van der Waals surface area contributed by atoms with Crippen LogP contribution in [0.5, 0.6) is 0 Å². The van der Waals surface area contributed by atoms with E-state index in [2.05, 4.69) is 171 Å². The van der Waals surface area contributed by atoms with Gasteiger partial charge in [-0.15, -0.1) is 0 Å². The van der Waals surface area contributed by atoms with Crippen LogP contribution in [0.1, 0.15) is 0 Å². The Morgan fingerprint density at radius 2 is 0.930 bits per heavy atom. The third-order valence-electron chi connectivity index (χ3n) is 8.05. The number of benzene rings is 6. The fraction of sp³-hybridized carbons (Fsp3) is 0. The molecule has 8 aromatic rings. The molecule has 0 unspecified atom stereocenters. The quantitative estimate of drug-likeness (QED) is 0.205. The summed E-state index contributed by atoms with van der Waals surface area (Å²) in [6.07, 6.45) is 3.79. The highest BCUT2D eigenvalue weighted by Gasteiger charge is 2.15. The number of nitrogens with zero attached hydrogens (tertiary/aromatic N) is 4. The zero-order chi connectivity index (χ0) is 28.6. The van der Waals surface area contributed by atoms with Gasteiger partial charge in [-0.05, 0) is 72.8 Å². The Kier molecular flexibility index (Phi) is 6.08. The van der Waals surface area contributed by atoms with Gasteiger partial charge >= 0.3 is 0 Å². The van der Waals surface area contributed by atoms with Crippen molar-refractivity contribution >= 4 is 38.9 Å². The van der Waals surface area contributed by atoms with Crippen molar-refractivity contribution in [2.75, 3.05) is 4.90 Å². The second kappa shape index (κ2) is 10.5. The SMILES string of the molecule is c1ccc(-c2cncn2-c2ccc(N(c3ccccc3)c3ccc(-n4c5ccccc5c5ccccc54)cc3)cc2)cc1. The molecule has 0 bridgehead atoms. The van der Waals surface area contributed by atoms with Crippen LogP contribution in [0.15, 0.2) is 170 Å². The average molecular weight is 553 g/mol. The summed E-state index contributed by atoms with van der Waals surface area (Å²) in [5.74, 6) is 0. The lowest BCUT2D eigenvalue weighted by atomic mass is 10.1. The number of hydrogen-bond donors (Lipinski definition) is 0. The Morgan fingerprint density at radius 3 is 1.53 bits per heavy atom. The monoisotopic (exact) mass is 552 g/mol. The molecule has 43 heavy (non-hydrogen) atoms. The summed E-state index contributed by atoms with van der Waals surface area (Å²) in [7, 11) is 0. The lowest BCUT2D eigenvalue weighted by molar-refractivity contribution is 1.06. The van der Waals surface area contributed by atoms with Gasteiger partial charge in [0.05, 0.1) is 29.3 Å². The van der Waals surface area contributed by atoms with E-state index in [0.29, 0.717) is 0 Å². The summed E-state index contributed by atoms with van der Waals surface area (Å²) in [5.41, 5.74) is 10.1. The van der Waals surface area contributed by atoms with Crippen molar-refractivity contribution in [3.8, 4) is 22.6 Å². The molecule has 0 spiro atoms. The van der Waals surface area contributed by atoms with Crippen molar-refractivity contribution in [3.63, 3.8) is 0 Å². The van der Waals surface area contributed by atoms with Crippen LogP contribution in [0.4, 0.5) is 17.1 Å². The number of imidazole rings is 1. The van der Waals surface area contributed by atoms with Crippen molar-refractivity contribution in [3.05, 3.63) is 170 Å². The van der Waals surface area contributed by atoms with Crippen molar-refractivity contribution < 1.29 is 0 Å². The Labute approximate surface area is 250 Å². The summed E-state index contributed by atoms with van der Waals surface area (Å²) < 4.78 is 4.48. The van der Waals surface area contributed by atoms with Crippen LogP contribution in [-0.4, -0.2) is 14.1 Å². The predicted octanol–water partition coefficient (Wildman–Crippen LogP) is 10.1. The third-order valence-corrected chi connectivity index (χ3v) is 8.05. The standard InChI is InChI=1S/C39H28N4/c1-3-11-29(12-4-1)39-27-40-28-41(39)30-19-21-32(22-20-30)42(31-13-5-2-6-14-31)33-23-25-34(26-24-33)43-37-17-9-7-15-35(37)36-16-8-10-18-38(36)43/h1-28H. The van der Waals surface area contributed by atoms with E-state index in [9.17, 15) is 0 Å². The molecule has 0 radical (unpaired) electrons. The van der Waals surface area contributed by atoms with Gasteiger partial charge in [-0.1, -0.05) is 84.9 Å². The number of rotatable bonds is 6. The first-order chi connectivity index (χ1) is 21.3. The van der Waals surface area contributed by atoms with Crippen LogP contribution >= 0.6 is 0 Å². The van der Waals surface area contributed by atoms with Gasteiger partial charge in [-0.3, -0.25) is 4.57 Å². The van der Waals surface area contributed by atoms with Crippen molar-refractivity contribution in [1.29, 1.82) is 0 Å². The molecule has 0 N–H and O–H groups in total. The molecule has 6 aromatic carbocycles. The normalized spacial score (nSPS) is 11.3. The first-order valence-electron chi connectivity index (χ1n) is 14.5. The maximum atomic E-state index is 4.45. The van der Waals surface area contributed by atoms with Crippen LogP contribution in [0.3, 0.4) is 0 Å². The Bertz CT molecular complexity index is 2100. The molecular weight excluding hydrogens is 524 g/mol. The number of fused-ring (bicyclic) bond motifs is 3. The van der Waals surface area contributed by atoms with E-state index in [1.54, 1.807) is 0 Å². The Balaban J connectivity index is 1.19. The number of para-hydroxylation sites is 3. The molecule has 0 aliphatic rings. The second-order valence-corrected chi connectivity index (χ2v) is 10.6. The molecule has 0 aliphatic carbocycles. The van der Waals surface area contributed by atoms with E-state index in [4.69, 9.17) is 0 Å². The van der Waals surface area contributed by atoms with Crippen molar-refractivity contribution in [2.45, 2.75) is 0 Å². The Hall–Kier alpha value is -5.87. The minimum absolute atomic E-state index is 1.06. The molecule has 0 saturated heterocycles. The van der Waals surface area contributed by atoms with Crippen molar-refractivity contribution in [1.82, 2.24) is 14.1 Å². The summed E-state index contributed by atoms with van der Waals surface area (Å²) in [4.78, 5) is 6.74. The van der Waals surface area contributed by atoms with E-state index in [1.807, 2.05) is 18.6 Å². The van der Waals surface area contributed by atoms with Gasteiger partial charge in [0.2, 0.25) is 0 Å². The number of anilines is 3. The van der Waals surface area contributed by atoms with Crippen LogP contribution < -0.4 is 4.90 Å². The fourth-order valence-corrected chi connectivity index (χ4v) is 6.06. The van der Waals surface area contributed by atoms with Gasteiger partial charge < -0.3 is 9.47 Å². The van der Waals surface area contributed by atoms with E-state index < -0.39 is 0 Å². The van der Waals surface area contributed by atoms with Gasteiger partial charge in [-0.25, -0.2) is 4.98 Å². The second-order valence-electron chi connectivity index (χ2n) is 10.6. The number of aromatic nitrogens is 3. The maximum absolute atomic E-state index is 4.45. The molecule has 2 heterocycles. The summed E-state index contributed by atoms with van der Waals surface area (Å²) in [6, 6.07) is 55.7. The highest BCUT2D eigenvalue weighted by Crippen LogP contribution is 2.37. The van der Waals surface area contributed by atoms with Gasteiger partial charge in [0, 0.05) is 44.8 Å². The molecule has 0 fully saturated rings. The molecular formula is C39H28N4. The highest BCUT2D eigenvalue weighted by atomic mass is 15.1. The van der Waals surface area contributed by atoms with Gasteiger partial charge in [0.1, 0.15) is 0 Å². The first kappa shape index (κ1) is 24.9. The van der Waals surface area contributed by atoms with Crippen molar-refractivity contribution in [2.24, 2.45) is 0 Å². The minimum Gasteiger partial charge on any atom is -0.311 e. The molecule has 0 aliphatic heterocycles. The topological polar surface area (TPSA) is 26.0 Å². The zero-order valence-electron chi connectivity index (χ0n) is 23.5. The molecule has 8 rings (SSSR count). The van der Waals surface area contributed by atoms with E-state index in [1.165, 1.54) is 21.8 Å². The van der Waals surface area contributed by atoms with Crippen LogP contribution in [-0.2, 0) is 0 Å². The zero-order valence-corrected chi connectivity index (χ0v) is 23.5. The lowest BCUT2D eigenvalue weighted by Gasteiger charge is -2.26. The van der Waals surface area contributed by atoms with Gasteiger partial charge in [0.15, 0.2) is 0 Å². The summed E-state index contributed by atoms with van der Waals surface area (Å²) >= 11 is 0. The van der Waals surface area contributed by atoms with Crippen LogP contribution in [0, 0.1) is 0 Å². The molecule has 4 heteroatoms. The minimum atomic E-state index is 1.06. The van der Waals surface area contributed by atoms with E-state index in [-0.39, 0.29) is 0 Å². The molecule has 0 saturated carbocycles. The molecule has 0 atom stereocenters. The lowest BCUT2D eigenvalue weighted by Crippen LogP contribution is -2.10. The Morgan fingerprint density at radius 1 is 0.442 bits per heavy atom. The summed E-state index contributed by atoms with van der Waals surface area (Å²) in [6.45, 7) is 0. The first-order valence-corrected chi connectivity index (χ1v) is 14.5. The van der Waals surface area contributed by atoms with E-state index in [0.717, 1.165) is 39.7 Å². The van der Waals surface area contributed by atoms with Gasteiger partial charge in [-0.2, -0.15) is 0 Å². The molecule has 0 amide bonds. The largest absolute Gasteiger partial charge is 0.311 e. The average Bonchev–Trinajstić information content (AvgIpc) is 3.70. The highest BCUT2D eigenvalue weighted by molar-refractivity contribution is 6.09. The third kappa shape index (κ3) is 4.37.